The molecule has 0 aliphatic rings. The summed E-state index contributed by atoms with van der Waals surface area (Å²) in [5.74, 6) is 0.886. The molecule has 0 fully saturated rings. The zero-order valence-corrected chi connectivity index (χ0v) is 14.1. The second kappa shape index (κ2) is 7.74. The van der Waals surface area contributed by atoms with Gasteiger partial charge >= 0.3 is 0 Å². The fourth-order valence-electron chi connectivity index (χ4n) is 2.28. The molecule has 1 aromatic carbocycles. The molecule has 1 heterocycles. The molecule has 0 bridgehead atoms. The van der Waals surface area contributed by atoms with Gasteiger partial charge in [0.1, 0.15) is 5.82 Å². The van der Waals surface area contributed by atoms with Crippen LogP contribution >= 0.6 is 0 Å². The smallest absolute Gasteiger partial charge is 0.221 e. The van der Waals surface area contributed by atoms with Crippen LogP contribution in [0, 0.1) is 0 Å². The molecule has 0 unspecified atom stereocenters. The Bertz CT molecular complexity index is 670. The van der Waals surface area contributed by atoms with Crippen LogP contribution in [0.5, 0.6) is 0 Å². The van der Waals surface area contributed by atoms with Crippen molar-refractivity contribution in [1.29, 1.82) is 0 Å². The predicted octanol–water partition coefficient (Wildman–Crippen LogP) is 2.96. The summed E-state index contributed by atoms with van der Waals surface area (Å²) in [7, 11) is 3.96. The monoisotopic (exact) mass is 312 g/mol. The van der Waals surface area contributed by atoms with Crippen LogP contribution in [-0.2, 0) is 11.3 Å². The lowest BCUT2D eigenvalue weighted by Gasteiger charge is -2.16. The first-order valence-electron chi connectivity index (χ1n) is 7.70. The van der Waals surface area contributed by atoms with E-state index < -0.39 is 0 Å². The van der Waals surface area contributed by atoms with Gasteiger partial charge in [0.15, 0.2) is 0 Å². The van der Waals surface area contributed by atoms with E-state index in [9.17, 15) is 4.79 Å². The minimum absolute atomic E-state index is 0.0625. The topological polar surface area (TPSA) is 57.3 Å². The van der Waals surface area contributed by atoms with Gasteiger partial charge in [-0.1, -0.05) is 18.2 Å². The third-order valence-corrected chi connectivity index (χ3v) is 3.55. The molecule has 0 aliphatic carbocycles. The normalized spacial score (nSPS) is 11.8. The first-order chi connectivity index (χ1) is 11.0. The van der Waals surface area contributed by atoms with Crippen molar-refractivity contribution in [1.82, 2.24) is 10.3 Å². The number of nitrogens with one attached hydrogen (secondary N) is 2. The molecule has 2 aromatic rings. The lowest BCUT2D eigenvalue weighted by atomic mass is 10.1. The number of anilines is 2. The second-order valence-corrected chi connectivity index (χ2v) is 5.79. The molecule has 1 amide bonds. The van der Waals surface area contributed by atoms with E-state index in [0.29, 0.717) is 6.54 Å². The fourth-order valence-corrected chi connectivity index (χ4v) is 2.28. The summed E-state index contributed by atoms with van der Waals surface area (Å²) in [4.78, 5) is 17.7. The van der Waals surface area contributed by atoms with Gasteiger partial charge < -0.3 is 15.5 Å². The maximum absolute atomic E-state index is 11.2. The lowest BCUT2D eigenvalue weighted by Crippen LogP contribution is -2.20. The Morgan fingerprint density at radius 1 is 1.22 bits per heavy atom. The molecular formula is C18H24N4O. The first kappa shape index (κ1) is 17.0. The van der Waals surface area contributed by atoms with Gasteiger partial charge in [-0.2, -0.15) is 0 Å². The number of nitrogens with zero attached hydrogens (tertiary/aromatic N) is 2. The van der Waals surface area contributed by atoms with Gasteiger partial charge in [0.05, 0.1) is 5.69 Å². The van der Waals surface area contributed by atoms with E-state index in [1.807, 2.05) is 61.5 Å². The van der Waals surface area contributed by atoms with Crippen LogP contribution in [0.2, 0.25) is 0 Å². The highest BCUT2D eigenvalue weighted by molar-refractivity contribution is 5.88. The van der Waals surface area contributed by atoms with E-state index in [1.54, 1.807) is 0 Å². The molecule has 0 spiro atoms. The van der Waals surface area contributed by atoms with Gasteiger partial charge in [-0.05, 0) is 36.8 Å². The average Bonchev–Trinajstić information content (AvgIpc) is 2.52. The van der Waals surface area contributed by atoms with Crippen LogP contribution in [0.15, 0.2) is 42.5 Å². The number of amides is 1. The van der Waals surface area contributed by atoms with Crippen LogP contribution in [0.25, 0.3) is 0 Å². The molecular weight excluding hydrogens is 288 g/mol. The van der Waals surface area contributed by atoms with Gasteiger partial charge in [0, 0.05) is 39.3 Å². The zero-order valence-electron chi connectivity index (χ0n) is 14.1. The Morgan fingerprint density at radius 2 is 1.96 bits per heavy atom. The molecule has 0 aliphatic heterocycles. The molecule has 2 N–H and O–H groups in total. The van der Waals surface area contributed by atoms with Crippen LogP contribution in [0.3, 0.4) is 0 Å². The largest absolute Gasteiger partial charge is 0.363 e. The highest BCUT2D eigenvalue weighted by atomic mass is 16.1. The van der Waals surface area contributed by atoms with Crippen LogP contribution < -0.4 is 15.5 Å². The Kier molecular flexibility index (Phi) is 5.71. The summed E-state index contributed by atoms with van der Waals surface area (Å²) < 4.78 is 0. The minimum atomic E-state index is -0.0625. The Hall–Kier alpha value is -2.40. The standard InChI is InChI=1S/C18H24N4O/c1-13(15-7-5-8-16(11-15)20-14(2)23)19-12-17-9-6-10-18(21-17)22(3)4/h5-11,13,19H,12H2,1-4H3,(H,20,23)/t13-/m0/s1. The maximum atomic E-state index is 11.2. The van der Waals surface area contributed by atoms with E-state index in [4.69, 9.17) is 0 Å². The molecule has 5 nitrogen and oxygen atoms in total. The fraction of sp³-hybridized carbons (Fsp3) is 0.333. The summed E-state index contributed by atoms with van der Waals surface area (Å²) in [6.07, 6.45) is 0. The van der Waals surface area contributed by atoms with E-state index in [0.717, 1.165) is 22.8 Å². The highest BCUT2D eigenvalue weighted by Gasteiger charge is 2.07. The number of carbonyl (C=O) groups excluding carboxylic acids is 1. The Labute approximate surface area is 137 Å². The van der Waals surface area contributed by atoms with E-state index in [1.165, 1.54) is 6.92 Å². The Balaban J connectivity index is 2.00. The molecule has 0 radical (unpaired) electrons. The molecule has 122 valence electrons. The van der Waals surface area contributed by atoms with Crippen molar-refractivity contribution in [3.63, 3.8) is 0 Å². The van der Waals surface area contributed by atoms with E-state index >= 15 is 0 Å². The van der Waals surface area contributed by atoms with Gasteiger partial charge in [-0.15, -0.1) is 0 Å². The quantitative estimate of drug-likeness (QED) is 0.861. The van der Waals surface area contributed by atoms with Crippen molar-refractivity contribution in [3.05, 3.63) is 53.7 Å². The van der Waals surface area contributed by atoms with Crippen molar-refractivity contribution in [2.45, 2.75) is 26.4 Å². The van der Waals surface area contributed by atoms with Crippen molar-refractivity contribution >= 4 is 17.4 Å². The summed E-state index contributed by atoms with van der Waals surface area (Å²) in [6, 6.07) is 14.1. The third kappa shape index (κ3) is 5.07. The Morgan fingerprint density at radius 3 is 2.65 bits per heavy atom. The maximum Gasteiger partial charge on any atom is 0.221 e. The van der Waals surface area contributed by atoms with Crippen LogP contribution in [-0.4, -0.2) is 25.0 Å². The minimum Gasteiger partial charge on any atom is -0.363 e. The van der Waals surface area contributed by atoms with Crippen molar-refractivity contribution in [2.24, 2.45) is 0 Å². The van der Waals surface area contributed by atoms with Gasteiger partial charge in [0.2, 0.25) is 5.91 Å². The molecule has 0 saturated carbocycles. The van der Waals surface area contributed by atoms with Crippen LogP contribution in [0.4, 0.5) is 11.5 Å². The molecule has 23 heavy (non-hydrogen) atoms. The summed E-state index contributed by atoms with van der Waals surface area (Å²) in [5, 5.41) is 6.28. The van der Waals surface area contributed by atoms with Crippen molar-refractivity contribution in [3.8, 4) is 0 Å². The van der Waals surface area contributed by atoms with Crippen LogP contribution in [0.1, 0.15) is 31.1 Å². The summed E-state index contributed by atoms with van der Waals surface area (Å²) >= 11 is 0. The third-order valence-electron chi connectivity index (χ3n) is 3.55. The number of hydrogen-bond acceptors (Lipinski definition) is 4. The highest BCUT2D eigenvalue weighted by Crippen LogP contribution is 2.18. The first-order valence-corrected chi connectivity index (χ1v) is 7.70. The molecule has 1 aromatic heterocycles. The predicted molar refractivity (Wildman–Crippen MR) is 94.6 cm³/mol. The van der Waals surface area contributed by atoms with E-state index in [2.05, 4.69) is 22.5 Å². The molecule has 5 heteroatoms. The second-order valence-electron chi connectivity index (χ2n) is 5.79. The van der Waals surface area contributed by atoms with E-state index in [-0.39, 0.29) is 11.9 Å². The zero-order chi connectivity index (χ0) is 16.8. The summed E-state index contributed by atoms with van der Waals surface area (Å²) in [5.41, 5.74) is 2.94. The number of rotatable bonds is 6. The molecule has 1 atom stereocenters. The number of pyridine rings is 1. The molecule has 2 rings (SSSR count). The summed E-state index contributed by atoms with van der Waals surface area (Å²) in [6.45, 7) is 4.30. The van der Waals surface area contributed by atoms with Gasteiger partial charge in [0.25, 0.3) is 0 Å². The number of hydrogen-bond donors (Lipinski definition) is 2. The SMILES string of the molecule is CC(=O)Nc1cccc([C@H](C)NCc2cccc(N(C)C)n2)c1. The number of benzene rings is 1. The van der Waals surface area contributed by atoms with Gasteiger partial charge in [-0.3, -0.25) is 4.79 Å². The number of aromatic nitrogens is 1. The lowest BCUT2D eigenvalue weighted by molar-refractivity contribution is -0.114. The average molecular weight is 312 g/mol. The van der Waals surface area contributed by atoms with Crippen molar-refractivity contribution in [2.75, 3.05) is 24.3 Å². The number of carbonyl (C=O) groups is 1. The van der Waals surface area contributed by atoms with Crippen molar-refractivity contribution < 1.29 is 4.79 Å². The molecule has 0 saturated heterocycles. The van der Waals surface area contributed by atoms with Gasteiger partial charge in [-0.25, -0.2) is 4.98 Å².